The zero-order valence-electron chi connectivity index (χ0n) is 9.03. The second-order valence-electron chi connectivity index (χ2n) is 2.79. The predicted molar refractivity (Wildman–Crippen MR) is 55.7 cm³/mol. The zero-order chi connectivity index (χ0) is 10.5. The van der Waals surface area contributed by atoms with Crippen LogP contribution in [0.15, 0.2) is 0 Å². The topological polar surface area (TPSA) is 43.8 Å². The van der Waals surface area contributed by atoms with Gasteiger partial charge in [-0.2, -0.15) is 0 Å². The van der Waals surface area contributed by atoms with Crippen LogP contribution in [0.3, 0.4) is 0 Å². The van der Waals surface area contributed by atoms with Crippen LogP contribution in [0.2, 0.25) is 0 Å². The first-order chi connectivity index (χ1) is 6.04. The largest absolute Gasteiger partial charge is 0.343 e. The normalized spacial score (nSPS) is 12.8. The Labute approximate surface area is 81.1 Å². The van der Waals surface area contributed by atoms with Gasteiger partial charge in [-0.15, -0.1) is 0 Å². The molecular weight excluding hydrogens is 187 g/mol. The average molecular weight is 208 g/mol. The summed E-state index contributed by atoms with van der Waals surface area (Å²) in [5, 5.41) is 0. The number of hydrogen-bond acceptors (Lipinski definition) is 1. The van der Waals surface area contributed by atoms with Gasteiger partial charge in [0.25, 0.3) is 0 Å². The van der Waals surface area contributed by atoms with E-state index in [0.717, 1.165) is 0 Å². The second-order valence-corrected chi connectivity index (χ2v) is 4.95. The Morgan fingerprint density at radius 3 is 1.31 bits per heavy atom. The second kappa shape index (κ2) is 5.76. The van der Waals surface area contributed by atoms with Crippen molar-refractivity contribution in [2.24, 2.45) is 0 Å². The molecule has 4 nitrogen and oxygen atoms in total. The molecule has 0 heterocycles. The molecule has 0 fully saturated rings. The van der Waals surface area contributed by atoms with Crippen molar-refractivity contribution < 1.29 is 9.46 Å². The van der Waals surface area contributed by atoms with Crippen molar-refractivity contribution in [3.8, 4) is 0 Å². The Morgan fingerprint density at radius 1 is 0.923 bits per heavy atom. The molecule has 0 aliphatic rings. The van der Waals surface area contributed by atoms with Gasteiger partial charge in [0.05, 0.1) is 0 Å². The Hall–Kier alpha value is 0.110. The molecule has 0 unspecified atom stereocenters. The van der Waals surface area contributed by atoms with Crippen LogP contribution in [0, 0.1) is 0 Å². The Morgan fingerprint density at radius 2 is 1.15 bits per heavy atom. The lowest BCUT2D eigenvalue weighted by Gasteiger charge is -2.32. The van der Waals surface area contributed by atoms with Gasteiger partial charge in [-0.3, -0.25) is 4.57 Å². The Bertz CT molecular complexity index is 163. The fourth-order valence-corrected chi connectivity index (χ4v) is 3.19. The molecule has 0 bridgehead atoms. The van der Waals surface area contributed by atoms with Gasteiger partial charge in [0.1, 0.15) is 0 Å². The van der Waals surface area contributed by atoms with E-state index in [9.17, 15) is 9.46 Å². The lowest BCUT2D eigenvalue weighted by molar-refractivity contribution is 0.285. The van der Waals surface area contributed by atoms with Gasteiger partial charge in [-0.1, -0.05) is 27.7 Å². The number of hydrogen-bond donors (Lipinski definition) is 1. The van der Waals surface area contributed by atoms with Crippen LogP contribution < -0.4 is 0 Å². The molecule has 5 heteroatoms. The molecule has 0 saturated carbocycles. The molecule has 0 rings (SSSR count). The molecule has 0 saturated heterocycles. The van der Waals surface area contributed by atoms with Crippen molar-refractivity contribution >= 4 is 7.67 Å². The van der Waals surface area contributed by atoms with E-state index in [1.54, 1.807) is 9.34 Å². The monoisotopic (exact) mass is 208 g/mol. The van der Waals surface area contributed by atoms with Crippen LogP contribution in [0.25, 0.3) is 0 Å². The maximum Gasteiger partial charge on any atom is 0.343 e. The van der Waals surface area contributed by atoms with Crippen LogP contribution in [-0.2, 0) is 4.57 Å². The Kier molecular flexibility index (Phi) is 5.81. The molecule has 13 heavy (non-hydrogen) atoms. The van der Waals surface area contributed by atoms with Crippen molar-refractivity contribution in [3.63, 3.8) is 0 Å². The molecule has 1 N–H and O–H groups in total. The molecule has 0 radical (unpaired) electrons. The summed E-state index contributed by atoms with van der Waals surface area (Å²) < 4.78 is 15.2. The third kappa shape index (κ3) is 3.06. The summed E-state index contributed by atoms with van der Waals surface area (Å²) in [5.74, 6) is 0. The van der Waals surface area contributed by atoms with Gasteiger partial charge in [0, 0.05) is 26.2 Å². The lowest BCUT2D eigenvalue weighted by Crippen LogP contribution is -2.31. The van der Waals surface area contributed by atoms with E-state index in [-0.39, 0.29) is 0 Å². The van der Waals surface area contributed by atoms with Crippen LogP contribution >= 0.6 is 7.67 Å². The van der Waals surface area contributed by atoms with Gasteiger partial charge >= 0.3 is 7.67 Å². The maximum atomic E-state index is 11.9. The third-order valence-electron chi connectivity index (χ3n) is 2.20. The molecule has 0 aromatic heterocycles. The highest BCUT2D eigenvalue weighted by atomic mass is 31.2. The standard InChI is InChI=1S/C8H21N2O2P/c1-5-9(6-2)13(11,12)10(7-3)8-4/h5-8H2,1-4H3,(H,11,12). The van der Waals surface area contributed by atoms with Gasteiger partial charge in [0.2, 0.25) is 0 Å². The van der Waals surface area contributed by atoms with Gasteiger partial charge in [-0.25, -0.2) is 9.34 Å². The molecule has 0 aliphatic carbocycles. The predicted octanol–water partition coefficient (Wildman–Crippen LogP) is 1.77. The van der Waals surface area contributed by atoms with Crippen LogP contribution in [0.5, 0.6) is 0 Å². The highest BCUT2D eigenvalue weighted by molar-refractivity contribution is 7.52. The van der Waals surface area contributed by atoms with Gasteiger partial charge < -0.3 is 4.89 Å². The number of nitrogens with zero attached hydrogens (tertiary/aromatic N) is 2. The smallest absolute Gasteiger partial charge is 0.322 e. The zero-order valence-corrected chi connectivity index (χ0v) is 9.92. The van der Waals surface area contributed by atoms with Crippen molar-refractivity contribution in [2.75, 3.05) is 26.2 Å². The SMILES string of the molecule is CCN(CC)P(=O)(O)N(CC)CC. The molecule has 80 valence electrons. The molecule has 0 spiro atoms. The Balaban J connectivity index is 4.59. The molecule has 0 aliphatic heterocycles. The van der Waals surface area contributed by atoms with E-state index in [1.165, 1.54) is 0 Å². The summed E-state index contributed by atoms with van der Waals surface area (Å²) in [6.45, 7) is 10.0. The van der Waals surface area contributed by atoms with Crippen LogP contribution in [0.1, 0.15) is 27.7 Å². The van der Waals surface area contributed by atoms with Crippen molar-refractivity contribution in [1.82, 2.24) is 9.34 Å². The highest BCUT2D eigenvalue weighted by Crippen LogP contribution is 2.48. The highest BCUT2D eigenvalue weighted by Gasteiger charge is 2.31. The fourth-order valence-electron chi connectivity index (χ4n) is 1.36. The van der Waals surface area contributed by atoms with Crippen molar-refractivity contribution in [1.29, 1.82) is 0 Å². The fraction of sp³-hybridized carbons (Fsp3) is 1.00. The van der Waals surface area contributed by atoms with E-state index >= 15 is 0 Å². The van der Waals surface area contributed by atoms with E-state index in [2.05, 4.69) is 0 Å². The van der Waals surface area contributed by atoms with E-state index in [0.29, 0.717) is 26.2 Å². The van der Waals surface area contributed by atoms with Gasteiger partial charge in [-0.05, 0) is 0 Å². The lowest BCUT2D eigenvalue weighted by atomic mass is 10.7. The summed E-state index contributed by atoms with van der Waals surface area (Å²) in [4.78, 5) is 9.84. The first kappa shape index (κ1) is 13.1. The molecular formula is C8H21N2O2P. The minimum absolute atomic E-state index is 0.612. The number of rotatable bonds is 6. The summed E-state index contributed by atoms with van der Waals surface area (Å²) >= 11 is 0. The van der Waals surface area contributed by atoms with Gasteiger partial charge in [0.15, 0.2) is 0 Å². The van der Waals surface area contributed by atoms with Crippen LogP contribution in [0.4, 0.5) is 0 Å². The van der Waals surface area contributed by atoms with E-state index in [4.69, 9.17) is 0 Å². The van der Waals surface area contributed by atoms with E-state index < -0.39 is 7.67 Å². The minimum atomic E-state index is -3.25. The van der Waals surface area contributed by atoms with Crippen LogP contribution in [-0.4, -0.2) is 40.4 Å². The first-order valence-corrected chi connectivity index (χ1v) is 6.44. The molecule has 0 aromatic carbocycles. The third-order valence-corrected chi connectivity index (χ3v) is 4.80. The summed E-state index contributed by atoms with van der Waals surface area (Å²) in [6.07, 6.45) is 0. The summed E-state index contributed by atoms with van der Waals surface area (Å²) in [7, 11) is -3.25. The molecule has 0 amide bonds. The maximum absolute atomic E-state index is 11.9. The van der Waals surface area contributed by atoms with Crippen molar-refractivity contribution in [3.05, 3.63) is 0 Å². The summed E-state index contributed by atoms with van der Waals surface area (Å²) in [6, 6.07) is 0. The minimum Gasteiger partial charge on any atom is -0.322 e. The molecule has 0 atom stereocenters. The van der Waals surface area contributed by atoms with E-state index in [1.807, 2.05) is 27.7 Å². The van der Waals surface area contributed by atoms with Crippen molar-refractivity contribution in [2.45, 2.75) is 27.7 Å². The first-order valence-electron chi connectivity index (χ1n) is 4.88. The summed E-state index contributed by atoms with van der Waals surface area (Å²) in [5.41, 5.74) is 0. The molecule has 0 aromatic rings. The quantitative estimate of drug-likeness (QED) is 0.675. The average Bonchev–Trinajstić information content (AvgIpc) is 2.07.